The molecule has 0 aromatic carbocycles. The summed E-state index contributed by atoms with van der Waals surface area (Å²) in [6, 6.07) is 0. The molecule has 1 aliphatic rings. The van der Waals surface area contributed by atoms with Gasteiger partial charge in [0.1, 0.15) is 9.84 Å². The summed E-state index contributed by atoms with van der Waals surface area (Å²) in [5.74, 6) is 0.126. The van der Waals surface area contributed by atoms with Crippen LogP contribution in [0.2, 0.25) is 0 Å². The first-order chi connectivity index (χ1) is 6.40. The highest BCUT2D eigenvalue weighted by molar-refractivity contribution is 7.90. The number of ether oxygens (including phenoxy) is 1. The van der Waals surface area contributed by atoms with Crippen molar-refractivity contribution in [3.05, 3.63) is 0 Å². The number of sulfone groups is 1. The lowest BCUT2D eigenvalue weighted by Gasteiger charge is -2.29. The van der Waals surface area contributed by atoms with Crippen LogP contribution < -0.4 is 0 Å². The topological polar surface area (TPSA) is 63.6 Å². The van der Waals surface area contributed by atoms with Gasteiger partial charge in [-0.05, 0) is 19.8 Å². The predicted octanol–water partition coefficient (Wildman–Crippen LogP) is 0.209. The van der Waals surface area contributed by atoms with Crippen LogP contribution in [-0.4, -0.2) is 44.9 Å². The van der Waals surface area contributed by atoms with Gasteiger partial charge in [0.2, 0.25) is 0 Å². The van der Waals surface area contributed by atoms with Crippen molar-refractivity contribution < 1.29 is 18.3 Å². The quantitative estimate of drug-likeness (QED) is 0.738. The minimum absolute atomic E-state index is 0.00366. The second-order valence-electron chi connectivity index (χ2n) is 4.16. The molecule has 2 unspecified atom stereocenters. The van der Waals surface area contributed by atoms with Gasteiger partial charge in [-0.15, -0.1) is 0 Å². The Bertz CT molecular complexity index is 285. The molecule has 0 radical (unpaired) electrons. The average Bonchev–Trinajstić information content (AvgIpc) is 2.43. The van der Waals surface area contributed by atoms with Crippen LogP contribution >= 0.6 is 0 Å². The first-order valence-electron chi connectivity index (χ1n) is 4.80. The lowest BCUT2D eigenvalue weighted by Crippen LogP contribution is -2.34. The molecule has 1 aliphatic heterocycles. The van der Waals surface area contributed by atoms with E-state index < -0.39 is 9.84 Å². The van der Waals surface area contributed by atoms with Gasteiger partial charge in [-0.2, -0.15) is 0 Å². The Balaban J connectivity index is 2.63. The summed E-state index contributed by atoms with van der Waals surface area (Å²) in [6.07, 6.45) is 2.41. The summed E-state index contributed by atoms with van der Waals surface area (Å²) in [7, 11) is -2.95. The van der Waals surface area contributed by atoms with E-state index in [1.807, 2.05) is 6.92 Å². The van der Waals surface area contributed by atoms with Gasteiger partial charge < -0.3 is 9.84 Å². The van der Waals surface area contributed by atoms with E-state index in [0.717, 1.165) is 6.42 Å². The highest BCUT2D eigenvalue weighted by Crippen LogP contribution is 2.37. The first-order valence-corrected chi connectivity index (χ1v) is 6.86. The number of rotatable bonds is 4. The standard InChI is InChI=1S/C9H18O4S/c1-8-9(7-10,3-5-13-8)4-6-14(2,11)12/h8,10H,3-7H2,1-2H3. The highest BCUT2D eigenvalue weighted by atomic mass is 32.2. The Morgan fingerprint density at radius 2 is 2.21 bits per heavy atom. The van der Waals surface area contributed by atoms with Crippen LogP contribution in [0, 0.1) is 5.41 Å². The maximum absolute atomic E-state index is 11.0. The molecule has 1 N–H and O–H groups in total. The molecule has 0 bridgehead atoms. The maximum Gasteiger partial charge on any atom is 0.147 e. The Kier molecular flexibility index (Phi) is 3.55. The van der Waals surface area contributed by atoms with Crippen molar-refractivity contribution >= 4 is 9.84 Å². The molecule has 1 rings (SSSR count). The Morgan fingerprint density at radius 3 is 2.57 bits per heavy atom. The van der Waals surface area contributed by atoms with E-state index >= 15 is 0 Å². The molecule has 0 saturated carbocycles. The van der Waals surface area contributed by atoms with Crippen LogP contribution in [0.5, 0.6) is 0 Å². The summed E-state index contributed by atoms with van der Waals surface area (Å²) in [4.78, 5) is 0. The van der Waals surface area contributed by atoms with Crippen molar-refractivity contribution in [3.8, 4) is 0 Å². The van der Waals surface area contributed by atoms with Gasteiger partial charge in [-0.3, -0.25) is 0 Å². The zero-order valence-electron chi connectivity index (χ0n) is 8.69. The number of aliphatic hydroxyl groups excluding tert-OH is 1. The fourth-order valence-electron chi connectivity index (χ4n) is 1.82. The largest absolute Gasteiger partial charge is 0.396 e. The monoisotopic (exact) mass is 222 g/mol. The molecular weight excluding hydrogens is 204 g/mol. The summed E-state index contributed by atoms with van der Waals surface area (Å²) >= 11 is 0. The molecule has 2 atom stereocenters. The smallest absolute Gasteiger partial charge is 0.147 e. The van der Waals surface area contributed by atoms with E-state index in [2.05, 4.69) is 0 Å². The molecule has 0 aromatic heterocycles. The highest BCUT2D eigenvalue weighted by Gasteiger charge is 2.41. The van der Waals surface area contributed by atoms with Crippen molar-refractivity contribution in [2.75, 3.05) is 25.2 Å². The number of hydrogen-bond donors (Lipinski definition) is 1. The van der Waals surface area contributed by atoms with Gasteiger partial charge in [0.05, 0.1) is 18.5 Å². The predicted molar refractivity (Wildman–Crippen MR) is 53.9 cm³/mol. The van der Waals surface area contributed by atoms with Gasteiger partial charge in [0.15, 0.2) is 0 Å². The van der Waals surface area contributed by atoms with Crippen molar-refractivity contribution in [3.63, 3.8) is 0 Å². The lowest BCUT2D eigenvalue weighted by molar-refractivity contribution is 0.0253. The lowest BCUT2D eigenvalue weighted by atomic mass is 9.80. The van der Waals surface area contributed by atoms with Crippen LogP contribution in [-0.2, 0) is 14.6 Å². The van der Waals surface area contributed by atoms with Gasteiger partial charge in [-0.1, -0.05) is 0 Å². The van der Waals surface area contributed by atoms with Gasteiger partial charge in [-0.25, -0.2) is 8.42 Å². The average molecular weight is 222 g/mol. The van der Waals surface area contributed by atoms with Gasteiger partial charge >= 0.3 is 0 Å². The fourth-order valence-corrected chi connectivity index (χ4v) is 2.60. The van der Waals surface area contributed by atoms with Crippen LogP contribution in [0.4, 0.5) is 0 Å². The van der Waals surface area contributed by atoms with Crippen LogP contribution in [0.25, 0.3) is 0 Å². The van der Waals surface area contributed by atoms with Crippen LogP contribution in [0.15, 0.2) is 0 Å². The Morgan fingerprint density at radius 1 is 1.57 bits per heavy atom. The molecule has 0 amide bonds. The van der Waals surface area contributed by atoms with Crippen molar-refractivity contribution in [1.29, 1.82) is 0 Å². The minimum Gasteiger partial charge on any atom is -0.396 e. The summed E-state index contributed by atoms with van der Waals surface area (Å²) in [6.45, 7) is 2.51. The molecule has 0 spiro atoms. The van der Waals surface area contributed by atoms with E-state index in [1.165, 1.54) is 6.26 Å². The minimum atomic E-state index is -2.95. The number of hydrogen-bond acceptors (Lipinski definition) is 4. The molecule has 5 heteroatoms. The SMILES string of the molecule is CC1OCCC1(CO)CCS(C)(=O)=O. The molecule has 0 aromatic rings. The maximum atomic E-state index is 11.0. The third-order valence-corrected chi connectivity index (χ3v) is 4.06. The summed E-state index contributed by atoms with van der Waals surface area (Å²) < 4.78 is 27.4. The summed E-state index contributed by atoms with van der Waals surface area (Å²) in [5, 5.41) is 9.31. The van der Waals surface area contributed by atoms with E-state index in [0.29, 0.717) is 13.0 Å². The second kappa shape index (κ2) is 4.16. The molecule has 4 nitrogen and oxygen atoms in total. The third-order valence-electron chi connectivity index (χ3n) is 3.12. The van der Waals surface area contributed by atoms with Crippen molar-refractivity contribution in [1.82, 2.24) is 0 Å². The van der Waals surface area contributed by atoms with E-state index in [9.17, 15) is 13.5 Å². The molecule has 1 heterocycles. The van der Waals surface area contributed by atoms with E-state index in [4.69, 9.17) is 4.74 Å². The Labute approximate surface area is 85.2 Å². The van der Waals surface area contributed by atoms with E-state index in [1.54, 1.807) is 0 Å². The van der Waals surface area contributed by atoms with Gasteiger partial charge in [0, 0.05) is 18.3 Å². The second-order valence-corrected chi connectivity index (χ2v) is 6.42. The zero-order valence-corrected chi connectivity index (χ0v) is 9.51. The van der Waals surface area contributed by atoms with Crippen molar-refractivity contribution in [2.24, 2.45) is 5.41 Å². The third kappa shape index (κ3) is 2.68. The molecule has 14 heavy (non-hydrogen) atoms. The van der Waals surface area contributed by atoms with Crippen molar-refractivity contribution in [2.45, 2.75) is 25.9 Å². The van der Waals surface area contributed by atoms with E-state index in [-0.39, 0.29) is 23.9 Å². The molecule has 0 aliphatic carbocycles. The van der Waals surface area contributed by atoms with Crippen LogP contribution in [0.1, 0.15) is 19.8 Å². The molecule has 1 saturated heterocycles. The first kappa shape index (κ1) is 11.9. The number of aliphatic hydroxyl groups is 1. The molecular formula is C9H18O4S. The van der Waals surface area contributed by atoms with Crippen LogP contribution in [0.3, 0.4) is 0 Å². The molecule has 84 valence electrons. The Hall–Kier alpha value is -0.130. The zero-order chi connectivity index (χ0) is 10.8. The fraction of sp³-hybridized carbons (Fsp3) is 1.00. The molecule has 1 fully saturated rings. The summed E-state index contributed by atoms with van der Waals surface area (Å²) in [5.41, 5.74) is -0.344. The normalized spacial score (nSPS) is 33.5. The van der Waals surface area contributed by atoms with Gasteiger partial charge in [0.25, 0.3) is 0 Å².